The number of nitrogens with zero attached hydrogens (tertiary/aromatic N) is 2. The van der Waals surface area contributed by atoms with Crippen LogP contribution < -0.4 is 5.73 Å². The third-order valence-corrected chi connectivity index (χ3v) is 2.15. The molecule has 0 fully saturated rings. The first-order valence-electron chi connectivity index (χ1n) is 4.69. The topological polar surface area (TPSA) is 51.8 Å². The highest BCUT2D eigenvalue weighted by atomic mass is 15.0. The Labute approximate surface area is 79.4 Å². The van der Waals surface area contributed by atoms with Gasteiger partial charge in [-0.2, -0.15) is 0 Å². The van der Waals surface area contributed by atoms with Crippen LogP contribution in [0, 0.1) is 6.92 Å². The van der Waals surface area contributed by atoms with Crippen LogP contribution in [0.5, 0.6) is 0 Å². The summed E-state index contributed by atoms with van der Waals surface area (Å²) in [4.78, 5) is 8.71. The van der Waals surface area contributed by atoms with Crippen LogP contribution in [0.3, 0.4) is 0 Å². The van der Waals surface area contributed by atoms with Gasteiger partial charge in [0.2, 0.25) is 0 Å². The number of rotatable bonds is 2. The maximum absolute atomic E-state index is 5.78. The zero-order valence-corrected chi connectivity index (χ0v) is 8.76. The van der Waals surface area contributed by atoms with Crippen LogP contribution in [0.15, 0.2) is 0 Å². The molecule has 0 amide bonds. The number of hydrogen-bond acceptors (Lipinski definition) is 3. The van der Waals surface area contributed by atoms with Gasteiger partial charge in [-0.25, -0.2) is 9.97 Å². The smallest absolute Gasteiger partial charge is 0.133 e. The maximum Gasteiger partial charge on any atom is 0.133 e. The molecule has 0 aromatic carbocycles. The second-order valence-corrected chi connectivity index (χ2v) is 3.55. The van der Waals surface area contributed by atoms with Gasteiger partial charge in [-0.05, 0) is 13.3 Å². The van der Waals surface area contributed by atoms with Crippen molar-refractivity contribution in [1.29, 1.82) is 0 Å². The molecule has 0 aliphatic heterocycles. The van der Waals surface area contributed by atoms with E-state index in [1.54, 1.807) is 0 Å². The zero-order valence-electron chi connectivity index (χ0n) is 8.76. The molecule has 1 aromatic rings. The molecule has 13 heavy (non-hydrogen) atoms. The number of aromatic nitrogens is 2. The summed E-state index contributed by atoms with van der Waals surface area (Å²) in [5.41, 5.74) is 7.87. The lowest BCUT2D eigenvalue weighted by Crippen LogP contribution is -2.07. The normalized spacial score (nSPS) is 10.8. The Morgan fingerprint density at radius 2 is 1.92 bits per heavy atom. The monoisotopic (exact) mass is 179 g/mol. The molecule has 0 aliphatic rings. The second-order valence-electron chi connectivity index (χ2n) is 3.55. The molecule has 0 saturated heterocycles. The van der Waals surface area contributed by atoms with E-state index in [-0.39, 0.29) is 0 Å². The first-order chi connectivity index (χ1) is 6.06. The van der Waals surface area contributed by atoms with Gasteiger partial charge in [0, 0.05) is 17.2 Å². The number of anilines is 1. The molecule has 0 atom stereocenters. The zero-order chi connectivity index (χ0) is 10.0. The van der Waals surface area contributed by atoms with Crippen LogP contribution in [0.1, 0.15) is 43.8 Å². The minimum absolute atomic E-state index is 0.341. The lowest BCUT2D eigenvalue weighted by molar-refractivity contribution is 0.757. The van der Waals surface area contributed by atoms with Gasteiger partial charge in [-0.15, -0.1) is 0 Å². The molecule has 3 nitrogen and oxygen atoms in total. The molecule has 0 radical (unpaired) electrons. The lowest BCUT2D eigenvalue weighted by Gasteiger charge is -2.10. The first-order valence-corrected chi connectivity index (χ1v) is 4.69. The van der Waals surface area contributed by atoms with Crippen LogP contribution in [0.2, 0.25) is 0 Å². The largest absolute Gasteiger partial charge is 0.383 e. The van der Waals surface area contributed by atoms with E-state index in [1.807, 2.05) is 6.92 Å². The number of aryl methyl sites for hydroxylation is 1. The van der Waals surface area contributed by atoms with Crippen molar-refractivity contribution in [1.82, 2.24) is 9.97 Å². The van der Waals surface area contributed by atoms with Crippen LogP contribution in [-0.4, -0.2) is 9.97 Å². The molecular weight excluding hydrogens is 162 g/mol. The molecule has 0 spiro atoms. The predicted molar refractivity (Wildman–Crippen MR) is 54.6 cm³/mol. The fourth-order valence-electron chi connectivity index (χ4n) is 1.20. The molecule has 0 unspecified atom stereocenters. The molecule has 1 heterocycles. The molecule has 1 aromatic heterocycles. The van der Waals surface area contributed by atoms with Gasteiger partial charge in [0.05, 0.1) is 0 Å². The van der Waals surface area contributed by atoms with Crippen molar-refractivity contribution in [3.05, 3.63) is 17.1 Å². The summed E-state index contributed by atoms with van der Waals surface area (Å²) < 4.78 is 0. The maximum atomic E-state index is 5.78. The number of hydrogen-bond donors (Lipinski definition) is 1. The molecule has 0 bridgehead atoms. The highest BCUT2D eigenvalue weighted by molar-refractivity contribution is 5.41. The Morgan fingerprint density at radius 1 is 1.31 bits per heavy atom. The van der Waals surface area contributed by atoms with E-state index in [0.29, 0.717) is 11.7 Å². The van der Waals surface area contributed by atoms with E-state index < -0.39 is 0 Å². The van der Waals surface area contributed by atoms with Gasteiger partial charge in [0.25, 0.3) is 0 Å². The summed E-state index contributed by atoms with van der Waals surface area (Å²) in [7, 11) is 0. The Hall–Kier alpha value is -1.12. The average Bonchev–Trinajstić information content (AvgIpc) is 2.09. The summed E-state index contributed by atoms with van der Waals surface area (Å²) >= 11 is 0. The van der Waals surface area contributed by atoms with Gasteiger partial charge in [-0.3, -0.25) is 0 Å². The third-order valence-electron chi connectivity index (χ3n) is 2.15. The van der Waals surface area contributed by atoms with Gasteiger partial charge >= 0.3 is 0 Å². The van der Waals surface area contributed by atoms with E-state index in [0.717, 1.165) is 23.5 Å². The van der Waals surface area contributed by atoms with Crippen molar-refractivity contribution < 1.29 is 0 Å². The van der Waals surface area contributed by atoms with Crippen LogP contribution in [0.4, 0.5) is 5.82 Å². The second kappa shape index (κ2) is 3.73. The molecule has 1 rings (SSSR count). The van der Waals surface area contributed by atoms with Crippen LogP contribution in [-0.2, 0) is 6.42 Å². The highest BCUT2D eigenvalue weighted by Crippen LogP contribution is 2.17. The van der Waals surface area contributed by atoms with Crippen LogP contribution in [0.25, 0.3) is 0 Å². The van der Waals surface area contributed by atoms with Crippen LogP contribution >= 0.6 is 0 Å². The van der Waals surface area contributed by atoms with Crippen molar-refractivity contribution in [3.63, 3.8) is 0 Å². The van der Waals surface area contributed by atoms with E-state index in [1.165, 1.54) is 0 Å². The van der Waals surface area contributed by atoms with Crippen molar-refractivity contribution >= 4 is 5.82 Å². The summed E-state index contributed by atoms with van der Waals surface area (Å²) in [6, 6.07) is 0. The van der Waals surface area contributed by atoms with Gasteiger partial charge in [0.15, 0.2) is 0 Å². The predicted octanol–water partition coefficient (Wildman–Crippen LogP) is 2.05. The van der Waals surface area contributed by atoms with Gasteiger partial charge in [0.1, 0.15) is 11.6 Å². The first kappa shape index (κ1) is 9.96. The van der Waals surface area contributed by atoms with E-state index in [9.17, 15) is 0 Å². The highest BCUT2D eigenvalue weighted by Gasteiger charge is 2.09. The SMILES string of the molecule is CCc1nc(C(C)C)nc(N)c1C. The van der Waals surface area contributed by atoms with E-state index in [4.69, 9.17) is 5.73 Å². The fourth-order valence-corrected chi connectivity index (χ4v) is 1.20. The standard InChI is InChI=1S/C10H17N3/c1-5-8-7(4)9(11)13-10(12-8)6(2)3/h6H,5H2,1-4H3,(H2,11,12,13). The lowest BCUT2D eigenvalue weighted by atomic mass is 10.1. The molecule has 0 aliphatic carbocycles. The fraction of sp³-hybridized carbons (Fsp3) is 0.600. The Morgan fingerprint density at radius 3 is 2.38 bits per heavy atom. The minimum atomic E-state index is 0.341. The quantitative estimate of drug-likeness (QED) is 0.756. The molecule has 2 N–H and O–H groups in total. The van der Waals surface area contributed by atoms with Crippen molar-refractivity contribution in [3.8, 4) is 0 Å². The summed E-state index contributed by atoms with van der Waals surface area (Å²) in [6.45, 7) is 8.20. The summed E-state index contributed by atoms with van der Waals surface area (Å²) in [6.07, 6.45) is 0.915. The van der Waals surface area contributed by atoms with E-state index in [2.05, 4.69) is 30.7 Å². The average molecular weight is 179 g/mol. The Bertz CT molecular complexity index is 305. The molecule has 0 saturated carbocycles. The van der Waals surface area contributed by atoms with Gasteiger partial charge < -0.3 is 5.73 Å². The Balaban J connectivity index is 3.22. The number of nitrogens with two attached hydrogens (primary N) is 1. The van der Waals surface area contributed by atoms with E-state index >= 15 is 0 Å². The summed E-state index contributed by atoms with van der Waals surface area (Å²) in [5, 5.41) is 0. The molecule has 72 valence electrons. The van der Waals surface area contributed by atoms with Crippen molar-refractivity contribution in [2.45, 2.75) is 40.0 Å². The minimum Gasteiger partial charge on any atom is -0.383 e. The Kier molecular flexibility index (Phi) is 2.86. The number of nitrogen functional groups attached to an aromatic ring is 1. The van der Waals surface area contributed by atoms with Crippen molar-refractivity contribution in [2.75, 3.05) is 5.73 Å². The molecular formula is C10H17N3. The van der Waals surface area contributed by atoms with Gasteiger partial charge in [-0.1, -0.05) is 20.8 Å². The molecule has 3 heteroatoms. The van der Waals surface area contributed by atoms with Crippen molar-refractivity contribution in [2.24, 2.45) is 0 Å². The third kappa shape index (κ3) is 1.97. The summed E-state index contributed by atoms with van der Waals surface area (Å²) in [5.74, 6) is 1.81.